The number of aromatic nitrogens is 1. The van der Waals surface area contributed by atoms with Crippen LogP contribution in [-0.4, -0.2) is 46.4 Å². The van der Waals surface area contributed by atoms with E-state index in [1.165, 1.54) is 12.1 Å². The van der Waals surface area contributed by atoms with Crippen molar-refractivity contribution in [3.63, 3.8) is 0 Å². The quantitative estimate of drug-likeness (QED) is 0.558. The Morgan fingerprint density at radius 1 is 0.973 bits per heavy atom. The summed E-state index contributed by atoms with van der Waals surface area (Å²) < 4.78 is 13.7. The van der Waals surface area contributed by atoms with E-state index in [0.29, 0.717) is 48.3 Å². The van der Waals surface area contributed by atoms with Gasteiger partial charge in [-0.15, -0.1) is 0 Å². The second kappa shape index (κ2) is 8.82. The fourth-order valence-electron chi connectivity index (χ4n) is 7.85. The van der Waals surface area contributed by atoms with Crippen LogP contribution in [0.2, 0.25) is 0 Å². The van der Waals surface area contributed by atoms with Crippen molar-refractivity contribution in [3.8, 4) is 0 Å². The van der Waals surface area contributed by atoms with Gasteiger partial charge in [0.05, 0.1) is 0 Å². The first-order valence-electron chi connectivity index (χ1n) is 13.2. The monoisotopic (exact) mass is 505 g/mol. The summed E-state index contributed by atoms with van der Waals surface area (Å²) in [4.78, 5) is 44.9. The summed E-state index contributed by atoms with van der Waals surface area (Å²) in [5.74, 6) is 0.0700. The first-order valence-corrected chi connectivity index (χ1v) is 13.2. The van der Waals surface area contributed by atoms with Crippen LogP contribution in [0.4, 0.5) is 10.2 Å². The third-order valence-corrected chi connectivity index (χ3v) is 8.75. The van der Waals surface area contributed by atoms with Crippen molar-refractivity contribution < 1.29 is 18.8 Å². The van der Waals surface area contributed by atoms with Gasteiger partial charge in [-0.25, -0.2) is 9.37 Å². The Morgan fingerprint density at radius 2 is 1.65 bits per heavy atom. The lowest BCUT2D eigenvalue weighted by Crippen LogP contribution is -2.69. The molecule has 9 heteroatoms. The van der Waals surface area contributed by atoms with Crippen LogP contribution in [-0.2, 0) is 4.79 Å². The molecule has 8 nitrogen and oxygen atoms in total. The van der Waals surface area contributed by atoms with Crippen LogP contribution in [0.5, 0.6) is 0 Å². The second-order valence-electron chi connectivity index (χ2n) is 11.6. The Kier molecular flexibility index (Phi) is 5.69. The minimum absolute atomic E-state index is 0.245. The minimum atomic E-state index is -0.437. The third kappa shape index (κ3) is 4.45. The summed E-state index contributed by atoms with van der Waals surface area (Å²) in [7, 11) is 0. The zero-order valence-corrected chi connectivity index (χ0v) is 20.7. The molecule has 4 N–H and O–H groups in total. The lowest BCUT2D eigenvalue weighted by atomic mass is 9.49. The molecule has 3 amide bonds. The number of carbonyl (C=O) groups excluding carboxylic acids is 3. The summed E-state index contributed by atoms with van der Waals surface area (Å²) in [5.41, 5.74) is 5.36. The number of nitrogens with zero attached hydrogens (tertiary/aromatic N) is 2. The van der Waals surface area contributed by atoms with Crippen LogP contribution in [0, 0.1) is 17.7 Å². The van der Waals surface area contributed by atoms with Crippen LogP contribution < -0.4 is 21.3 Å². The molecule has 4 saturated carbocycles. The molecule has 0 spiro atoms. The van der Waals surface area contributed by atoms with Crippen molar-refractivity contribution in [2.45, 2.75) is 68.5 Å². The maximum Gasteiger partial charge on any atom is 0.270 e. The average Bonchev–Trinajstić information content (AvgIpc) is 3.33. The van der Waals surface area contributed by atoms with Gasteiger partial charge in [-0.05, 0) is 93.5 Å². The van der Waals surface area contributed by atoms with Crippen LogP contribution >= 0.6 is 0 Å². The summed E-state index contributed by atoms with van der Waals surface area (Å²) in [6, 6.07) is 10.6. The van der Waals surface area contributed by atoms with Crippen LogP contribution in [0.3, 0.4) is 0 Å². The molecule has 1 saturated heterocycles. The van der Waals surface area contributed by atoms with E-state index in [1.807, 2.05) is 4.90 Å². The van der Waals surface area contributed by atoms with Gasteiger partial charge in [0.2, 0.25) is 5.91 Å². The Balaban J connectivity index is 1.21. The number of hydrogen-bond donors (Lipinski definition) is 3. The summed E-state index contributed by atoms with van der Waals surface area (Å²) in [5, 5.41) is 6.56. The molecule has 5 fully saturated rings. The zero-order chi connectivity index (χ0) is 25.8. The number of benzene rings is 1. The first kappa shape index (κ1) is 23.9. The van der Waals surface area contributed by atoms with Gasteiger partial charge in [0, 0.05) is 23.2 Å². The number of anilines is 1. The normalized spacial score (nSPS) is 31.8. The average molecular weight is 506 g/mol. The van der Waals surface area contributed by atoms with Gasteiger partial charge in [0.25, 0.3) is 11.8 Å². The van der Waals surface area contributed by atoms with E-state index in [0.717, 1.165) is 38.5 Å². The van der Waals surface area contributed by atoms with E-state index in [4.69, 9.17) is 5.73 Å². The number of hydrogen-bond acceptors (Lipinski definition) is 5. The van der Waals surface area contributed by atoms with Crippen molar-refractivity contribution in [1.29, 1.82) is 0 Å². The Labute approximate surface area is 215 Å². The first-order chi connectivity index (χ1) is 17.7. The van der Waals surface area contributed by atoms with Gasteiger partial charge in [-0.1, -0.05) is 12.1 Å². The molecule has 3 atom stereocenters. The van der Waals surface area contributed by atoms with E-state index >= 15 is 0 Å². The minimum Gasteiger partial charge on any atom is -0.368 e. The molecular formula is C28H32FN5O3. The molecular weight excluding hydrogens is 473 g/mol. The molecule has 2 aromatic rings. The van der Waals surface area contributed by atoms with E-state index in [-0.39, 0.29) is 17.7 Å². The lowest BCUT2D eigenvalue weighted by molar-refractivity contribution is -0.119. The van der Waals surface area contributed by atoms with E-state index in [9.17, 15) is 18.8 Å². The number of pyridine rings is 1. The topological polar surface area (TPSA) is 117 Å². The lowest BCUT2D eigenvalue weighted by Gasteiger charge is -2.62. The number of primary amides is 1. The molecule has 5 aliphatic rings. The highest BCUT2D eigenvalue weighted by Gasteiger charge is 2.58. The Hall–Kier alpha value is -3.49. The number of carbonyl (C=O) groups is 3. The van der Waals surface area contributed by atoms with Gasteiger partial charge < -0.3 is 21.3 Å². The van der Waals surface area contributed by atoms with Gasteiger partial charge in [0.15, 0.2) is 0 Å². The number of nitrogens with two attached hydrogens (primary N) is 1. The van der Waals surface area contributed by atoms with Crippen LogP contribution in [0.25, 0.3) is 0 Å². The fraction of sp³-hybridized carbons (Fsp3) is 0.500. The standard InChI is InChI=1S/C28H32FN5O3/c29-20-5-1-4-19(11-20)25(36)32-27-12-17-10-18(13-27)15-28(14-17,16-27)33-26(37)21-6-2-8-23(31-21)34-9-3-7-22(34)24(30)35/h1-2,4-6,8,11,17-18,22H,3,7,9-10,12-16H2,(H2,30,35)(H,32,36)(H,33,37)/t17?,18?,22-,27?,28?/m0/s1. The molecule has 37 heavy (non-hydrogen) atoms. The van der Waals surface area contributed by atoms with Crippen molar-refractivity contribution >= 4 is 23.5 Å². The third-order valence-electron chi connectivity index (χ3n) is 8.75. The fourth-order valence-corrected chi connectivity index (χ4v) is 7.85. The van der Waals surface area contributed by atoms with Crippen molar-refractivity contribution in [2.75, 3.05) is 11.4 Å². The molecule has 194 valence electrons. The largest absolute Gasteiger partial charge is 0.368 e. The SMILES string of the molecule is NC(=O)[C@@H]1CCCN1c1cccc(C(=O)NC23CC4CC(CC(NC(=O)c5cccc(F)c5)(C4)C2)C3)n1. The van der Waals surface area contributed by atoms with Gasteiger partial charge >= 0.3 is 0 Å². The summed E-state index contributed by atoms with van der Waals surface area (Å²) >= 11 is 0. The number of amides is 3. The molecule has 1 aliphatic heterocycles. The Morgan fingerprint density at radius 3 is 2.32 bits per heavy atom. The predicted octanol–water partition coefficient (Wildman–Crippen LogP) is 2.93. The molecule has 2 unspecified atom stereocenters. The van der Waals surface area contributed by atoms with E-state index in [2.05, 4.69) is 15.6 Å². The molecule has 0 radical (unpaired) electrons. The van der Waals surface area contributed by atoms with Crippen molar-refractivity contribution in [1.82, 2.24) is 15.6 Å². The highest BCUT2D eigenvalue weighted by atomic mass is 19.1. The van der Waals surface area contributed by atoms with E-state index < -0.39 is 22.9 Å². The zero-order valence-electron chi connectivity index (χ0n) is 20.7. The van der Waals surface area contributed by atoms with E-state index in [1.54, 1.807) is 30.3 Å². The molecule has 1 aromatic heterocycles. The summed E-state index contributed by atoms with van der Waals surface area (Å²) in [6.45, 7) is 0.673. The van der Waals surface area contributed by atoms with Gasteiger partial charge in [0.1, 0.15) is 23.4 Å². The molecule has 2 heterocycles. The maximum absolute atomic E-state index is 13.7. The van der Waals surface area contributed by atoms with Crippen molar-refractivity contribution in [2.24, 2.45) is 17.6 Å². The number of rotatable bonds is 6. The molecule has 1 aromatic carbocycles. The Bertz CT molecular complexity index is 1250. The molecule has 4 aliphatic carbocycles. The van der Waals surface area contributed by atoms with Crippen molar-refractivity contribution in [3.05, 3.63) is 59.5 Å². The number of halogens is 1. The molecule has 4 bridgehead atoms. The summed E-state index contributed by atoms with van der Waals surface area (Å²) in [6.07, 6.45) is 6.79. The van der Waals surface area contributed by atoms with Gasteiger partial charge in [-0.3, -0.25) is 14.4 Å². The highest BCUT2D eigenvalue weighted by molar-refractivity contribution is 5.95. The smallest absolute Gasteiger partial charge is 0.270 e. The van der Waals surface area contributed by atoms with Crippen LogP contribution in [0.1, 0.15) is 72.2 Å². The maximum atomic E-state index is 13.7. The second-order valence-corrected chi connectivity index (χ2v) is 11.6. The predicted molar refractivity (Wildman–Crippen MR) is 135 cm³/mol. The molecule has 7 rings (SSSR count). The highest BCUT2D eigenvalue weighted by Crippen LogP contribution is 2.57. The van der Waals surface area contributed by atoms with Gasteiger partial charge in [-0.2, -0.15) is 0 Å². The number of nitrogens with one attached hydrogen (secondary N) is 2. The van der Waals surface area contributed by atoms with Crippen LogP contribution in [0.15, 0.2) is 42.5 Å².